The topological polar surface area (TPSA) is 70.3 Å². The number of halogens is 1. The molecule has 0 aliphatic carbocycles. The van der Waals surface area contributed by atoms with Crippen molar-refractivity contribution < 1.29 is 14.6 Å². The first kappa shape index (κ1) is 14.1. The van der Waals surface area contributed by atoms with Gasteiger partial charge in [0.05, 0.1) is 12.0 Å². The van der Waals surface area contributed by atoms with Crippen LogP contribution in [0.1, 0.15) is 11.1 Å². The van der Waals surface area contributed by atoms with Crippen molar-refractivity contribution in [3.63, 3.8) is 0 Å². The molecule has 0 saturated heterocycles. The Kier molecular flexibility index (Phi) is 4.38. The van der Waals surface area contributed by atoms with Crippen LogP contribution in [0.25, 0.3) is 0 Å². The average Bonchev–Trinajstić information content (AvgIpc) is 2.41. The van der Waals surface area contributed by atoms with Crippen molar-refractivity contribution in [2.24, 2.45) is 0 Å². The van der Waals surface area contributed by atoms with Crippen molar-refractivity contribution in [3.05, 3.63) is 58.1 Å². The zero-order valence-corrected chi connectivity index (χ0v) is 11.9. The summed E-state index contributed by atoms with van der Waals surface area (Å²) in [7, 11) is 0. The molecular weight excluding hydrogens is 322 g/mol. The summed E-state index contributed by atoms with van der Waals surface area (Å²) < 4.78 is 6.48. The van der Waals surface area contributed by atoms with Crippen molar-refractivity contribution in [2.75, 3.05) is 0 Å². The lowest BCUT2D eigenvalue weighted by atomic mass is 10.1. The van der Waals surface area contributed by atoms with Crippen LogP contribution in [0.15, 0.2) is 46.9 Å². The number of benzene rings is 2. The predicted molar refractivity (Wildman–Crippen MR) is 76.7 cm³/mol. The Labute approximate surface area is 124 Å². The van der Waals surface area contributed by atoms with Crippen LogP contribution >= 0.6 is 15.9 Å². The number of nitrogens with zero attached hydrogens (tertiary/aromatic N) is 1. The highest BCUT2D eigenvalue weighted by Crippen LogP contribution is 2.30. The van der Waals surface area contributed by atoms with E-state index in [2.05, 4.69) is 15.9 Å². The fourth-order valence-corrected chi connectivity index (χ4v) is 2.04. The van der Waals surface area contributed by atoms with Gasteiger partial charge in [-0.25, -0.2) is 0 Å². The number of carboxylic acid groups (broad SMARTS) is 1. The van der Waals surface area contributed by atoms with Gasteiger partial charge in [0.2, 0.25) is 0 Å². The lowest BCUT2D eigenvalue weighted by Crippen LogP contribution is -2.02. The Balaban J connectivity index is 2.38. The number of hydrogen-bond donors (Lipinski definition) is 1. The summed E-state index contributed by atoms with van der Waals surface area (Å²) in [4.78, 5) is 10.8. The van der Waals surface area contributed by atoms with Gasteiger partial charge >= 0.3 is 5.97 Å². The Hall–Kier alpha value is -2.32. The zero-order valence-electron chi connectivity index (χ0n) is 10.3. The molecule has 0 unspecified atom stereocenters. The van der Waals surface area contributed by atoms with E-state index in [0.29, 0.717) is 22.6 Å². The van der Waals surface area contributed by atoms with Gasteiger partial charge in [-0.05, 0) is 24.3 Å². The summed E-state index contributed by atoms with van der Waals surface area (Å²) in [6.45, 7) is 0. The quantitative estimate of drug-likeness (QED) is 0.926. The van der Waals surface area contributed by atoms with Crippen LogP contribution in [0.5, 0.6) is 11.5 Å². The zero-order chi connectivity index (χ0) is 14.5. The molecule has 0 saturated carbocycles. The van der Waals surface area contributed by atoms with Crippen LogP contribution < -0.4 is 4.74 Å². The van der Waals surface area contributed by atoms with E-state index in [-0.39, 0.29) is 6.42 Å². The van der Waals surface area contributed by atoms with Gasteiger partial charge in [0, 0.05) is 10.0 Å². The van der Waals surface area contributed by atoms with Crippen molar-refractivity contribution in [3.8, 4) is 17.6 Å². The molecule has 2 rings (SSSR count). The number of nitriles is 1. The third-order valence-corrected chi connectivity index (χ3v) is 3.09. The van der Waals surface area contributed by atoms with Crippen LogP contribution in [-0.2, 0) is 11.2 Å². The molecular formula is C15H10BrNO3. The van der Waals surface area contributed by atoms with E-state index in [0.717, 1.165) is 4.47 Å². The fraction of sp³-hybridized carbons (Fsp3) is 0.0667. The van der Waals surface area contributed by atoms with Crippen LogP contribution in [0.4, 0.5) is 0 Å². The summed E-state index contributed by atoms with van der Waals surface area (Å²) in [6, 6.07) is 14.0. The van der Waals surface area contributed by atoms with Gasteiger partial charge in [-0.3, -0.25) is 4.79 Å². The molecule has 20 heavy (non-hydrogen) atoms. The van der Waals surface area contributed by atoms with Gasteiger partial charge in [0.25, 0.3) is 0 Å². The minimum Gasteiger partial charge on any atom is -0.481 e. The molecule has 0 radical (unpaired) electrons. The molecule has 0 spiro atoms. The molecule has 0 atom stereocenters. The number of hydrogen-bond acceptors (Lipinski definition) is 3. The lowest BCUT2D eigenvalue weighted by Gasteiger charge is -2.11. The van der Waals surface area contributed by atoms with Crippen LogP contribution in [0.2, 0.25) is 0 Å². The summed E-state index contributed by atoms with van der Waals surface area (Å²) >= 11 is 3.31. The van der Waals surface area contributed by atoms with E-state index in [1.807, 2.05) is 6.07 Å². The van der Waals surface area contributed by atoms with Gasteiger partial charge in [-0.1, -0.05) is 34.1 Å². The molecule has 2 aromatic carbocycles. The third kappa shape index (κ3) is 3.37. The highest BCUT2D eigenvalue weighted by atomic mass is 79.9. The first-order valence-electron chi connectivity index (χ1n) is 5.77. The third-order valence-electron chi connectivity index (χ3n) is 2.60. The maximum absolute atomic E-state index is 10.8. The number of ether oxygens (including phenoxy) is 1. The van der Waals surface area contributed by atoms with Crippen LogP contribution in [0, 0.1) is 11.3 Å². The standard InChI is InChI=1S/C15H10BrNO3/c16-12-6-5-11(9-17)14(8-12)20-13-4-2-1-3-10(13)7-15(18)19/h1-6,8H,7H2,(H,18,19). The Morgan fingerprint density at radius 1 is 1.25 bits per heavy atom. The Morgan fingerprint density at radius 2 is 2.00 bits per heavy atom. The number of rotatable bonds is 4. The largest absolute Gasteiger partial charge is 0.481 e. The summed E-state index contributed by atoms with van der Waals surface area (Å²) in [5.74, 6) is -0.111. The van der Waals surface area contributed by atoms with Gasteiger partial charge in [-0.2, -0.15) is 5.26 Å². The second-order valence-corrected chi connectivity index (χ2v) is 4.95. The number of aliphatic carboxylic acids is 1. The maximum atomic E-state index is 10.8. The highest BCUT2D eigenvalue weighted by Gasteiger charge is 2.11. The Morgan fingerprint density at radius 3 is 2.70 bits per heavy atom. The van der Waals surface area contributed by atoms with Crippen molar-refractivity contribution in [1.82, 2.24) is 0 Å². The summed E-state index contributed by atoms with van der Waals surface area (Å²) in [6.07, 6.45) is -0.133. The number of carboxylic acids is 1. The predicted octanol–water partition coefficient (Wildman–Crippen LogP) is 3.74. The molecule has 0 aliphatic rings. The molecule has 100 valence electrons. The van der Waals surface area contributed by atoms with Gasteiger partial charge in [0.1, 0.15) is 17.6 Å². The number of para-hydroxylation sites is 1. The molecule has 0 aliphatic heterocycles. The van der Waals surface area contributed by atoms with Gasteiger partial charge in [-0.15, -0.1) is 0 Å². The summed E-state index contributed by atoms with van der Waals surface area (Å²) in [5, 5.41) is 17.9. The average molecular weight is 332 g/mol. The van der Waals surface area contributed by atoms with Crippen LogP contribution in [-0.4, -0.2) is 11.1 Å². The number of carbonyl (C=O) groups is 1. The first-order valence-corrected chi connectivity index (χ1v) is 6.56. The maximum Gasteiger partial charge on any atom is 0.307 e. The fourth-order valence-electron chi connectivity index (χ4n) is 1.70. The second-order valence-electron chi connectivity index (χ2n) is 4.03. The normalized spacial score (nSPS) is 9.80. The van der Waals surface area contributed by atoms with E-state index in [4.69, 9.17) is 15.1 Å². The minimum atomic E-state index is -0.934. The van der Waals surface area contributed by atoms with Crippen molar-refractivity contribution >= 4 is 21.9 Å². The minimum absolute atomic E-state index is 0.133. The van der Waals surface area contributed by atoms with Crippen molar-refractivity contribution in [1.29, 1.82) is 5.26 Å². The molecule has 0 amide bonds. The van der Waals surface area contributed by atoms with E-state index >= 15 is 0 Å². The van der Waals surface area contributed by atoms with E-state index in [1.165, 1.54) is 0 Å². The van der Waals surface area contributed by atoms with Gasteiger partial charge < -0.3 is 9.84 Å². The molecule has 0 heterocycles. The molecule has 4 nitrogen and oxygen atoms in total. The van der Waals surface area contributed by atoms with E-state index < -0.39 is 5.97 Å². The van der Waals surface area contributed by atoms with Gasteiger partial charge in [0.15, 0.2) is 0 Å². The van der Waals surface area contributed by atoms with Crippen LogP contribution in [0.3, 0.4) is 0 Å². The summed E-state index contributed by atoms with van der Waals surface area (Å²) in [5.41, 5.74) is 0.946. The highest BCUT2D eigenvalue weighted by molar-refractivity contribution is 9.10. The monoisotopic (exact) mass is 331 g/mol. The Bertz CT molecular complexity index is 692. The van der Waals surface area contributed by atoms with Crippen molar-refractivity contribution in [2.45, 2.75) is 6.42 Å². The second kappa shape index (κ2) is 6.22. The molecule has 5 heteroatoms. The first-order chi connectivity index (χ1) is 9.60. The molecule has 0 fully saturated rings. The molecule has 1 N–H and O–H groups in total. The molecule has 0 bridgehead atoms. The SMILES string of the molecule is N#Cc1ccc(Br)cc1Oc1ccccc1CC(=O)O. The smallest absolute Gasteiger partial charge is 0.307 e. The molecule has 0 aromatic heterocycles. The lowest BCUT2D eigenvalue weighted by molar-refractivity contribution is -0.136. The molecule has 2 aromatic rings. The van der Waals surface area contributed by atoms with E-state index in [1.54, 1.807) is 42.5 Å². The van der Waals surface area contributed by atoms with E-state index in [9.17, 15) is 4.79 Å².